The van der Waals surface area contributed by atoms with Gasteiger partial charge in [0.15, 0.2) is 0 Å². The van der Waals surface area contributed by atoms with Crippen molar-refractivity contribution in [3.05, 3.63) is 34.8 Å². The van der Waals surface area contributed by atoms with Crippen molar-refractivity contribution in [3.8, 4) is 0 Å². The Bertz CT molecular complexity index is 392. The zero-order valence-corrected chi connectivity index (χ0v) is 7.67. The third-order valence-electron chi connectivity index (χ3n) is 1.71. The topological polar surface area (TPSA) is 17.3 Å². The number of aryl methyl sites for hydroxylation is 1. The van der Waals surface area contributed by atoms with Gasteiger partial charge in [-0.25, -0.2) is 0 Å². The Morgan fingerprint density at radius 1 is 1.45 bits per heavy atom. The van der Waals surface area contributed by atoms with Crippen LogP contribution in [0.1, 0.15) is 5.69 Å². The number of hydrogen-bond acceptors (Lipinski definition) is 1. The van der Waals surface area contributed by atoms with Gasteiger partial charge in [0.1, 0.15) is 0 Å². The highest BCUT2D eigenvalue weighted by molar-refractivity contribution is 9.10. The molecule has 0 aliphatic heterocycles. The second-order valence-electron chi connectivity index (χ2n) is 2.47. The Morgan fingerprint density at radius 3 is 3.00 bits per heavy atom. The van der Waals surface area contributed by atoms with Crippen LogP contribution in [-0.2, 0) is 0 Å². The summed E-state index contributed by atoms with van der Waals surface area (Å²) in [4.78, 5) is 4.09. The first-order valence-corrected chi connectivity index (χ1v) is 4.15. The maximum Gasteiger partial charge on any atom is 0.0780 e. The van der Waals surface area contributed by atoms with Gasteiger partial charge in [-0.15, -0.1) is 0 Å². The number of nitrogens with zero attached hydrogens (tertiary/aromatic N) is 2. The average Bonchev–Trinajstić information content (AvgIpc) is 2.35. The molecule has 0 atom stereocenters. The van der Waals surface area contributed by atoms with Crippen molar-refractivity contribution in [3.63, 3.8) is 0 Å². The minimum absolute atomic E-state index is 1.09. The van der Waals surface area contributed by atoms with Gasteiger partial charge in [-0.05, 0) is 28.9 Å². The Kier molecular flexibility index (Phi) is 1.46. The molecule has 2 nitrogen and oxygen atoms in total. The molecular formula is C8H7BrN2. The van der Waals surface area contributed by atoms with Crippen molar-refractivity contribution >= 4 is 21.4 Å². The number of fused-ring (bicyclic) bond motifs is 1. The van der Waals surface area contributed by atoms with Crippen LogP contribution in [0.4, 0.5) is 0 Å². The zero-order chi connectivity index (χ0) is 7.84. The molecule has 2 aromatic heterocycles. The summed E-state index contributed by atoms with van der Waals surface area (Å²) in [7, 11) is 0. The monoisotopic (exact) mass is 210 g/mol. The molecule has 0 aliphatic carbocycles. The minimum Gasteiger partial charge on any atom is -0.317 e. The van der Waals surface area contributed by atoms with E-state index < -0.39 is 0 Å². The van der Waals surface area contributed by atoms with Crippen LogP contribution in [0.3, 0.4) is 0 Å². The van der Waals surface area contributed by atoms with Gasteiger partial charge in [0.05, 0.1) is 11.7 Å². The molecule has 3 heteroatoms. The predicted molar refractivity (Wildman–Crippen MR) is 47.6 cm³/mol. The Balaban J connectivity index is 2.94. The van der Waals surface area contributed by atoms with Crippen LogP contribution < -0.4 is 0 Å². The predicted octanol–water partition coefficient (Wildman–Crippen LogP) is 2.41. The van der Waals surface area contributed by atoms with Gasteiger partial charge in [0.2, 0.25) is 0 Å². The number of hydrogen-bond donors (Lipinski definition) is 0. The van der Waals surface area contributed by atoms with Crippen LogP contribution >= 0.6 is 15.9 Å². The maximum atomic E-state index is 4.09. The standard InChI is InChI=1S/C8H7BrN2/c1-6-4-10-5-8-7(9)2-3-11(6)8/h2-5H,1H3. The lowest BCUT2D eigenvalue weighted by Crippen LogP contribution is -1.89. The summed E-state index contributed by atoms with van der Waals surface area (Å²) in [6.07, 6.45) is 5.72. The van der Waals surface area contributed by atoms with Crippen molar-refractivity contribution < 1.29 is 0 Å². The van der Waals surface area contributed by atoms with E-state index in [4.69, 9.17) is 0 Å². The fraction of sp³-hybridized carbons (Fsp3) is 0.125. The van der Waals surface area contributed by atoms with Gasteiger partial charge in [0, 0.05) is 22.6 Å². The largest absolute Gasteiger partial charge is 0.317 e. The fourth-order valence-electron chi connectivity index (χ4n) is 1.13. The molecule has 0 spiro atoms. The average molecular weight is 211 g/mol. The fourth-order valence-corrected chi connectivity index (χ4v) is 1.54. The molecule has 0 bridgehead atoms. The van der Waals surface area contributed by atoms with Gasteiger partial charge in [0.25, 0.3) is 0 Å². The molecule has 0 radical (unpaired) electrons. The van der Waals surface area contributed by atoms with Crippen LogP contribution in [-0.4, -0.2) is 9.38 Å². The molecule has 0 aliphatic rings. The molecule has 0 saturated heterocycles. The lowest BCUT2D eigenvalue weighted by Gasteiger charge is -1.97. The Hall–Kier alpha value is -0.830. The van der Waals surface area contributed by atoms with Gasteiger partial charge < -0.3 is 4.40 Å². The normalized spacial score (nSPS) is 10.7. The molecule has 0 N–H and O–H groups in total. The highest BCUT2D eigenvalue weighted by Gasteiger charge is 1.99. The number of rotatable bonds is 0. The first-order valence-electron chi connectivity index (χ1n) is 3.36. The minimum atomic E-state index is 1.09. The number of halogens is 1. The van der Waals surface area contributed by atoms with Crippen LogP contribution in [0.2, 0.25) is 0 Å². The third-order valence-corrected chi connectivity index (χ3v) is 2.38. The van der Waals surface area contributed by atoms with E-state index in [-0.39, 0.29) is 0 Å². The molecule has 56 valence electrons. The van der Waals surface area contributed by atoms with Crippen molar-refractivity contribution in [1.29, 1.82) is 0 Å². The van der Waals surface area contributed by atoms with Crippen molar-refractivity contribution in [2.24, 2.45) is 0 Å². The maximum absolute atomic E-state index is 4.09. The highest BCUT2D eigenvalue weighted by Crippen LogP contribution is 2.18. The summed E-state index contributed by atoms with van der Waals surface area (Å²) in [5.74, 6) is 0. The van der Waals surface area contributed by atoms with Crippen LogP contribution in [0, 0.1) is 6.92 Å². The van der Waals surface area contributed by atoms with Crippen molar-refractivity contribution in [2.45, 2.75) is 6.92 Å². The molecule has 0 amide bonds. The van der Waals surface area contributed by atoms with E-state index in [1.807, 2.05) is 31.6 Å². The summed E-state index contributed by atoms with van der Waals surface area (Å²) >= 11 is 3.44. The molecule has 2 aromatic rings. The lowest BCUT2D eigenvalue weighted by atomic mass is 10.5. The quantitative estimate of drug-likeness (QED) is 0.653. The third kappa shape index (κ3) is 0.959. The molecule has 0 unspecified atom stereocenters. The van der Waals surface area contributed by atoms with E-state index in [1.54, 1.807) is 0 Å². The summed E-state index contributed by atoms with van der Waals surface area (Å²) in [6, 6.07) is 2.02. The molecule has 0 saturated carbocycles. The van der Waals surface area contributed by atoms with Crippen LogP contribution in [0.5, 0.6) is 0 Å². The van der Waals surface area contributed by atoms with Gasteiger partial charge >= 0.3 is 0 Å². The molecule has 11 heavy (non-hydrogen) atoms. The Labute approximate surface area is 73.0 Å². The highest BCUT2D eigenvalue weighted by atomic mass is 79.9. The first kappa shape index (κ1) is 6.85. The molecule has 2 rings (SSSR count). The summed E-state index contributed by atoms with van der Waals surface area (Å²) < 4.78 is 3.19. The molecule has 2 heterocycles. The SMILES string of the molecule is Cc1cncc2c(Br)ccn12. The zero-order valence-electron chi connectivity index (χ0n) is 6.08. The second kappa shape index (κ2) is 2.34. The first-order chi connectivity index (χ1) is 5.29. The molecular weight excluding hydrogens is 204 g/mol. The summed E-state index contributed by atoms with van der Waals surface area (Å²) in [5, 5.41) is 0. The summed E-state index contributed by atoms with van der Waals surface area (Å²) in [6.45, 7) is 2.03. The van der Waals surface area contributed by atoms with E-state index in [0.29, 0.717) is 0 Å². The molecule has 0 fully saturated rings. The smallest absolute Gasteiger partial charge is 0.0780 e. The van der Waals surface area contributed by atoms with E-state index in [2.05, 4.69) is 25.3 Å². The Morgan fingerprint density at radius 2 is 2.27 bits per heavy atom. The van der Waals surface area contributed by atoms with Crippen LogP contribution in [0.25, 0.3) is 5.52 Å². The van der Waals surface area contributed by atoms with Crippen molar-refractivity contribution in [2.75, 3.05) is 0 Å². The number of aromatic nitrogens is 2. The van der Waals surface area contributed by atoms with E-state index in [9.17, 15) is 0 Å². The van der Waals surface area contributed by atoms with E-state index in [1.165, 1.54) is 0 Å². The molecule has 0 aromatic carbocycles. The van der Waals surface area contributed by atoms with E-state index >= 15 is 0 Å². The second-order valence-corrected chi connectivity index (χ2v) is 3.32. The lowest BCUT2D eigenvalue weighted by molar-refractivity contribution is 1.05. The van der Waals surface area contributed by atoms with Gasteiger partial charge in [-0.1, -0.05) is 0 Å². The van der Waals surface area contributed by atoms with Crippen LogP contribution in [0.15, 0.2) is 29.1 Å². The van der Waals surface area contributed by atoms with E-state index in [0.717, 1.165) is 15.7 Å². The van der Waals surface area contributed by atoms with Gasteiger partial charge in [-0.2, -0.15) is 0 Å². The summed E-state index contributed by atoms with van der Waals surface area (Å²) in [5.41, 5.74) is 2.26. The van der Waals surface area contributed by atoms with Gasteiger partial charge in [-0.3, -0.25) is 4.98 Å². The van der Waals surface area contributed by atoms with Crippen molar-refractivity contribution in [1.82, 2.24) is 9.38 Å².